The lowest BCUT2D eigenvalue weighted by atomic mass is 10.2. The van der Waals surface area contributed by atoms with Gasteiger partial charge in [-0.1, -0.05) is 25.0 Å². The van der Waals surface area contributed by atoms with Crippen LogP contribution >= 0.6 is 0 Å². The topological polar surface area (TPSA) is 67.3 Å². The van der Waals surface area contributed by atoms with E-state index in [2.05, 4.69) is 20.2 Å². The van der Waals surface area contributed by atoms with E-state index in [1.54, 1.807) is 6.07 Å². The van der Waals surface area contributed by atoms with Gasteiger partial charge in [-0.15, -0.1) is 0 Å². The molecule has 0 bridgehead atoms. The monoisotopic (exact) mass is 354 g/mol. The second-order valence-corrected chi connectivity index (χ2v) is 6.44. The van der Waals surface area contributed by atoms with Crippen molar-refractivity contribution >= 4 is 17.4 Å². The number of aromatic nitrogens is 2. The SMILES string of the molecule is CCOc1ccccc1NC(=O)c1cc(N2CCCCCC2)nc(C)n1. The lowest BCUT2D eigenvalue weighted by Crippen LogP contribution is -2.26. The van der Waals surface area contributed by atoms with Gasteiger partial charge in [-0.3, -0.25) is 4.79 Å². The van der Waals surface area contributed by atoms with Gasteiger partial charge in [0.2, 0.25) is 0 Å². The molecule has 0 radical (unpaired) electrons. The van der Waals surface area contributed by atoms with Gasteiger partial charge in [0, 0.05) is 19.2 Å². The van der Waals surface area contributed by atoms with Crippen molar-refractivity contribution in [2.75, 3.05) is 29.9 Å². The summed E-state index contributed by atoms with van der Waals surface area (Å²) in [6.45, 7) is 6.24. The van der Waals surface area contributed by atoms with Gasteiger partial charge in [0.05, 0.1) is 12.3 Å². The molecule has 0 saturated carbocycles. The zero-order valence-electron chi connectivity index (χ0n) is 15.5. The third-order valence-corrected chi connectivity index (χ3v) is 4.42. The van der Waals surface area contributed by atoms with Crippen molar-refractivity contribution in [1.29, 1.82) is 0 Å². The highest BCUT2D eigenvalue weighted by molar-refractivity contribution is 6.04. The molecule has 26 heavy (non-hydrogen) atoms. The van der Waals surface area contributed by atoms with Gasteiger partial charge in [0.15, 0.2) is 0 Å². The predicted octanol–water partition coefficient (Wildman–Crippen LogP) is 3.82. The summed E-state index contributed by atoms with van der Waals surface area (Å²) in [4.78, 5) is 23.9. The number of anilines is 2. The van der Waals surface area contributed by atoms with Crippen molar-refractivity contribution in [3.8, 4) is 5.75 Å². The summed E-state index contributed by atoms with van der Waals surface area (Å²) in [6, 6.07) is 9.20. The number of rotatable bonds is 5. The van der Waals surface area contributed by atoms with Crippen molar-refractivity contribution in [3.05, 3.63) is 41.9 Å². The van der Waals surface area contributed by atoms with Gasteiger partial charge in [-0.25, -0.2) is 9.97 Å². The molecule has 2 aromatic rings. The van der Waals surface area contributed by atoms with Crippen molar-refractivity contribution < 1.29 is 9.53 Å². The van der Waals surface area contributed by atoms with E-state index in [-0.39, 0.29) is 5.91 Å². The van der Waals surface area contributed by atoms with E-state index < -0.39 is 0 Å². The standard InChI is InChI=1S/C20H26N4O2/c1-3-26-18-11-7-6-10-16(18)23-20(25)17-14-19(22-15(2)21-17)24-12-8-4-5-9-13-24/h6-7,10-11,14H,3-5,8-9,12-13H2,1-2H3,(H,23,25). The molecule has 6 nitrogen and oxygen atoms in total. The van der Waals surface area contributed by atoms with E-state index in [4.69, 9.17) is 4.74 Å². The highest BCUT2D eigenvalue weighted by Crippen LogP contribution is 2.25. The molecule has 138 valence electrons. The first-order valence-electron chi connectivity index (χ1n) is 9.31. The molecule has 1 aliphatic rings. The molecule has 3 rings (SSSR count). The zero-order chi connectivity index (χ0) is 18.4. The molecule has 0 spiro atoms. The molecule has 1 aromatic carbocycles. The van der Waals surface area contributed by atoms with E-state index in [9.17, 15) is 4.79 Å². The van der Waals surface area contributed by atoms with Crippen LogP contribution in [0, 0.1) is 6.92 Å². The van der Waals surface area contributed by atoms with E-state index >= 15 is 0 Å². The van der Waals surface area contributed by atoms with E-state index in [0.29, 0.717) is 29.6 Å². The summed E-state index contributed by atoms with van der Waals surface area (Å²) >= 11 is 0. The first-order valence-corrected chi connectivity index (χ1v) is 9.31. The Balaban J connectivity index is 1.81. The van der Waals surface area contributed by atoms with Crippen LogP contribution in [-0.2, 0) is 0 Å². The Morgan fingerprint density at radius 1 is 1.15 bits per heavy atom. The van der Waals surface area contributed by atoms with Crippen molar-refractivity contribution in [3.63, 3.8) is 0 Å². The summed E-state index contributed by atoms with van der Waals surface area (Å²) in [5, 5.41) is 2.91. The predicted molar refractivity (Wildman–Crippen MR) is 103 cm³/mol. The lowest BCUT2D eigenvalue weighted by Gasteiger charge is -2.22. The minimum Gasteiger partial charge on any atom is -0.492 e. The summed E-state index contributed by atoms with van der Waals surface area (Å²) in [5.41, 5.74) is 1.02. The van der Waals surface area contributed by atoms with Crippen molar-refractivity contribution in [1.82, 2.24) is 9.97 Å². The minimum atomic E-state index is -0.251. The number of benzene rings is 1. The Morgan fingerprint density at radius 3 is 2.62 bits per heavy atom. The number of ether oxygens (including phenoxy) is 1. The Labute approximate surface area is 154 Å². The minimum absolute atomic E-state index is 0.251. The molecule has 1 aromatic heterocycles. The van der Waals surface area contributed by atoms with Gasteiger partial charge in [-0.05, 0) is 38.8 Å². The molecule has 1 N–H and O–H groups in total. The molecule has 1 saturated heterocycles. The Bertz CT molecular complexity index is 755. The van der Waals surface area contributed by atoms with Crippen LogP contribution < -0.4 is 15.0 Å². The zero-order valence-corrected chi connectivity index (χ0v) is 15.5. The molecule has 0 aliphatic carbocycles. The normalized spacial score (nSPS) is 14.6. The van der Waals surface area contributed by atoms with Crippen LogP contribution in [0.2, 0.25) is 0 Å². The summed E-state index contributed by atoms with van der Waals surface area (Å²) < 4.78 is 5.57. The number of carbonyl (C=O) groups is 1. The number of carbonyl (C=O) groups excluding carboxylic acids is 1. The number of nitrogens with one attached hydrogen (secondary N) is 1. The fraction of sp³-hybridized carbons (Fsp3) is 0.450. The number of amides is 1. The average Bonchev–Trinajstić information content (AvgIpc) is 2.92. The number of hydrogen-bond acceptors (Lipinski definition) is 5. The highest BCUT2D eigenvalue weighted by Gasteiger charge is 2.17. The fourth-order valence-corrected chi connectivity index (χ4v) is 3.17. The van der Waals surface area contributed by atoms with E-state index in [1.165, 1.54) is 12.8 Å². The summed E-state index contributed by atoms with van der Waals surface area (Å²) in [7, 11) is 0. The van der Waals surface area contributed by atoms with Gasteiger partial charge >= 0.3 is 0 Å². The maximum absolute atomic E-state index is 12.8. The molecular formula is C20H26N4O2. The third kappa shape index (κ3) is 4.50. The van der Waals surface area contributed by atoms with Crippen molar-refractivity contribution in [2.24, 2.45) is 0 Å². The van der Waals surface area contributed by atoms with E-state index in [1.807, 2.05) is 38.1 Å². The molecule has 1 fully saturated rings. The number of nitrogens with zero attached hydrogens (tertiary/aromatic N) is 3. The van der Waals surface area contributed by atoms with Crippen LogP contribution in [0.15, 0.2) is 30.3 Å². The average molecular weight is 354 g/mol. The van der Waals surface area contributed by atoms with Gasteiger partial charge in [0.25, 0.3) is 5.91 Å². The smallest absolute Gasteiger partial charge is 0.274 e. The van der Waals surface area contributed by atoms with Crippen LogP contribution in [-0.4, -0.2) is 35.6 Å². The van der Waals surface area contributed by atoms with Crippen LogP contribution in [0.4, 0.5) is 11.5 Å². The van der Waals surface area contributed by atoms with Crippen molar-refractivity contribution in [2.45, 2.75) is 39.5 Å². The van der Waals surface area contributed by atoms with Gasteiger partial charge in [-0.2, -0.15) is 0 Å². The highest BCUT2D eigenvalue weighted by atomic mass is 16.5. The quantitative estimate of drug-likeness (QED) is 0.884. The maximum Gasteiger partial charge on any atom is 0.274 e. The summed E-state index contributed by atoms with van der Waals surface area (Å²) in [5.74, 6) is 1.85. The Morgan fingerprint density at radius 2 is 1.88 bits per heavy atom. The second-order valence-electron chi connectivity index (χ2n) is 6.44. The van der Waals surface area contributed by atoms with Crippen LogP contribution in [0.3, 0.4) is 0 Å². The molecular weight excluding hydrogens is 328 g/mol. The van der Waals surface area contributed by atoms with E-state index in [0.717, 1.165) is 31.7 Å². The fourth-order valence-electron chi connectivity index (χ4n) is 3.17. The molecule has 1 amide bonds. The number of hydrogen-bond donors (Lipinski definition) is 1. The Hall–Kier alpha value is -2.63. The second kappa shape index (κ2) is 8.65. The first kappa shape index (κ1) is 18.2. The Kier molecular flexibility index (Phi) is 6.04. The molecule has 2 heterocycles. The molecule has 0 atom stereocenters. The van der Waals surface area contributed by atoms with Gasteiger partial charge in [0.1, 0.15) is 23.1 Å². The third-order valence-electron chi connectivity index (χ3n) is 4.42. The van der Waals surface area contributed by atoms with Crippen LogP contribution in [0.1, 0.15) is 48.9 Å². The van der Waals surface area contributed by atoms with Gasteiger partial charge < -0.3 is 15.0 Å². The lowest BCUT2D eigenvalue weighted by molar-refractivity contribution is 0.102. The molecule has 6 heteroatoms. The van der Waals surface area contributed by atoms with Crippen LogP contribution in [0.25, 0.3) is 0 Å². The summed E-state index contributed by atoms with van der Waals surface area (Å²) in [6.07, 6.45) is 4.82. The largest absolute Gasteiger partial charge is 0.492 e. The molecule has 0 unspecified atom stereocenters. The molecule has 1 aliphatic heterocycles. The number of aryl methyl sites for hydroxylation is 1. The first-order chi connectivity index (χ1) is 12.7. The van der Waals surface area contributed by atoms with Crippen LogP contribution in [0.5, 0.6) is 5.75 Å². The maximum atomic E-state index is 12.8. The number of para-hydroxylation sites is 2.